The molecular formula is C32H36N4O3S. The molecule has 0 spiro atoms. The van der Waals surface area contributed by atoms with E-state index in [-0.39, 0.29) is 5.91 Å². The zero-order chi connectivity index (χ0) is 28.0. The van der Waals surface area contributed by atoms with Crippen molar-refractivity contribution in [3.63, 3.8) is 0 Å². The van der Waals surface area contributed by atoms with E-state index in [1.54, 1.807) is 25.5 Å². The van der Waals surface area contributed by atoms with Crippen molar-refractivity contribution < 1.29 is 14.3 Å². The molecule has 0 fully saturated rings. The zero-order valence-electron chi connectivity index (χ0n) is 23.1. The number of para-hydroxylation sites is 1. The van der Waals surface area contributed by atoms with E-state index in [1.165, 1.54) is 43.4 Å². The molecule has 7 nitrogen and oxygen atoms in total. The maximum atomic E-state index is 12.6. The highest BCUT2D eigenvalue weighted by Crippen LogP contribution is 2.29. The molecule has 4 rings (SSSR count). The molecule has 0 bridgehead atoms. The van der Waals surface area contributed by atoms with Crippen molar-refractivity contribution in [2.45, 2.75) is 45.4 Å². The van der Waals surface area contributed by atoms with Crippen LogP contribution >= 0.6 is 11.3 Å². The number of ether oxygens (including phenoxy) is 2. The molecule has 4 aromatic rings. The summed E-state index contributed by atoms with van der Waals surface area (Å²) in [6.07, 6.45) is 8.88. The second-order valence-electron chi connectivity index (χ2n) is 9.33. The molecule has 0 atom stereocenters. The van der Waals surface area contributed by atoms with Crippen molar-refractivity contribution in [3.05, 3.63) is 89.3 Å². The second-order valence-corrected chi connectivity index (χ2v) is 10.2. The number of anilines is 2. The first-order valence-electron chi connectivity index (χ1n) is 13.7. The number of benzene rings is 3. The van der Waals surface area contributed by atoms with Gasteiger partial charge in [-0.05, 0) is 54.4 Å². The smallest absolute Gasteiger partial charge is 0.271 e. The van der Waals surface area contributed by atoms with Gasteiger partial charge in [-0.2, -0.15) is 5.10 Å². The largest absolute Gasteiger partial charge is 0.493 e. The van der Waals surface area contributed by atoms with E-state index in [9.17, 15) is 4.79 Å². The van der Waals surface area contributed by atoms with Crippen LogP contribution in [0.2, 0.25) is 0 Å². The normalized spacial score (nSPS) is 10.9. The van der Waals surface area contributed by atoms with E-state index in [4.69, 9.17) is 9.47 Å². The van der Waals surface area contributed by atoms with E-state index >= 15 is 0 Å². The molecule has 0 aliphatic heterocycles. The predicted octanol–water partition coefficient (Wildman–Crippen LogP) is 8.07. The van der Waals surface area contributed by atoms with Crippen molar-refractivity contribution in [2.24, 2.45) is 5.10 Å². The lowest BCUT2D eigenvalue weighted by Crippen LogP contribution is -2.17. The quantitative estimate of drug-likeness (QED) is 0.0879. The molecule has 0 saturated carbocycles. The number of hydrogen-bond acceptors (Lipinski definition) is 7. The van der Waals surface area contributed by atoms with Crippen molar-refractivity contribution >= 4 is 34.3 Å². The van der Waals surface area contributed by atoms with Gasteiger partial charge in [0.1, 0.15) is 0 Å². The summed E-state index contributed by atoms with van der Waals surface area (Å²) in [4.78, 5) is 17.3. The average molecular weight is 557 g/mol. The van der Waals surface area contributed by atoms with Crippen molar-refractivity contribution in [2.75, 3.05) is 19.0 Å². The van der Waals surface area contributed by atoms with Gasteiger partial charge in [-0.1, -0.05) is 69.4 Å². The molecular weight excluding hydrogens is 520 g/mol. The number of nitrogens with one attached hydrogen (secondary N) is 2. The van der Waals surface area contributed by atoms with Crippen LogP contribution in [0.1, 0.15) is 61.4 Å². The number of aromatic nitrogens is 1. The summed E-state index contributed by atoms with van der Waals surface area (Å²) < 4.78 is 11.4. The van der Waals surface area contributed by atoms with Gasteiger partial charge >= 0.3 is 0 Å². The Hall–Kier alpha value is -4.17. The molecule has 2 N–H and O–H groups in total. The lowest BCUT2D eigenvalue weighted by molar-refractivity contribution is 0.0955. The van der Waals surface area contributed by atoms with Crippen molar-refractivity contribution in [1.82, 2.24) is 10.4 Å². The zero-order valence-corrected chi connectivity index (χ0v) is 23.9. The number of methoxy groups -OCH3 is 1. The fourth-order valence-electron chi connectivity index (χ4n) is 4.08. The summed E-state index contributed by atoms with van der Waals surface area (Å²) in [6.45, 7) is 2.89. The molecule has 0 aliphatic rings. The summed E-state index contributed by atoms with van der Waals surface area (Å²) in [5.41, 5.74) is 6.66. The monoisotopic (exact) mass is 556 g/mol. The number of thiazole rings is 1. The van der Waals surface area contributed by atoms with Crippen LogP contribution in [0.3, 0.4) is 0 Å². The van der Waals surface area contributed by atoms with Gasteiger partial charge in [-0.15, -0.1) is 11.3 Å². The Kier molecular flexibility index (Phi) is 11.1. The highest BCUT2D eigenvalue weighted by atomic mass is 32.1. The summed E-state index contributed by atoms with van der Waals surface area (Å²) in [5.74, 6) is 1.06. The van der Waals surface area contributed by atoms with Gasteiger partial charge in [-0.25, -0.2) is 10.4 Å². The number of nitrogens with zero attached hydrogens (tertiary/aromatic N) is 2. The fraction of sp³-hybridized carbons (Fsp3) is 0.281. The fourth-order valence-corrected chi connectivity index (χ4v) is 4.82. The van der Waals surface area contributed by atoms with Gasteiger partial charge in [0.2, 0.25) is 0 Å². The van der Waals surface area contributed by atoms with Gasteiger partial charge in [0.05, 0.1) is 25.6 Å². The Morgan fingerprint density at radius 1 is 0.950 bits per heavy atom. The molecule has 208 valence electrons. The Labute approximate surface area is 240 Å². The Morgan fingerprint density at radius 3 is 2.50 bits per heavy atom. The topological polar surface area (TPSA) is 84.8 Å². The maximum absolute atomic E-state index is 12.6. The highest BCUT2D eigenvalue weighted by Gasteiger charge is 2.09. The standard InChI is InChI=1S/C32H36N4O3S/c1-3-4-5-6-7-11-20-39-29-19-14-24(21-30(29)38-2)22-33-36-31(37)26-17-15-25(16-18-26)28-23-40-32(35-28)34-27-12-9-8-10-13-27/h8-10,12-19,21-23H,3-7,11,20H2,1-2H3,(H,34,35)(H,36,37)/b33-22+. The molecule has 0 aliphatic carbocycles. The van der Waals surface area contributed by atoms with E-state index < -0.39 is 0 Å². The Morgan fingerprint density at radius 2 is 1.73 bits per heavy atom. The molecule has 0 radical (unpaired) electrons. The van der Waals surface area contributed by atoms with E-state index in [1.807, 2.05) is 66.0 Å². The van der Waals surface area contributed by atoms with Crippen LogP contribution < -0.4 is 20.2 Å². The highest BCUT2D eigenvalue weighted by molar-refractivity contribution is 7.14. The number of hydrazone groups is 1. The second kappa shape index (κ2) is 15.4. The molecule has 0 saturated heterocycles. The average Bonchev–Trinajstić information content (AvgIpc) is 3.46. The van der Waals surface area contributed by atoms with Gasteiger partial charge < -0.3 is 14.8 Å². The van der Waals surface area contributed by atoms with Crippen LogP contribution in [0.25, 0.3) is 11.3 Å². The number of carbonyl (C=O) groups is 1. The molecule has 3 aromatic carbocycles. The first-order valence-corrected chi connectivity index (χ1v) is 14.6. The third-order valence-electron chi connectivity index (χ3n) is 6.29. The van der Waals surface area contributed by atoms with Crippen LogP contribution in [-0.2, 0) is 0 Å². The molecule has 0 unspecified atom stereocenters. The minimum atomic E-state index is -0.293. The maximum Gasteiger partial charge on any atom is 0.271 e. The first-order chi connectivity index (χ1) is 19.7. The minimum absolute atomic E-state index is 0.293. The van der Waals surface area contributed by atoms with Crippen LogP contribution in [-0.4, -0.2) is 30.8 Å². The van der Waals surface area contributed by atoms with Crippen LogP contribution in [0.4, 0.5) is 10.8 Å². The third-order valence-corrected chi connectivity index (χ3v) is 7.05. The Balaban J connectivity index is 1.26. The molecule has 1 heterocycles. The lowest BCUT2D eigenvalue weighted by atomic mass is 10.1. The number of unbranched alkanes of at least 4 members (excludes halogenated alkanes) is 5. The van der Waals surface area contributed by atoms with Gasteiger partial charge in [0, 0.05) is 22.2 Å². The van der Waals surface area contributed by atoms with Gasteiger partial charge in [-0.3, -0.25) is 4.79 Å². The van der Waals surface area contributed by atoms with Crippen LogP contribution in [0, 0.1) is 0 Å². The number of rotatable bonds is 15. The number of amides is 1. The van der Waals surface area contributed by atoms with Crippen molar-refractivity contribution in [3.8, 4) is 22.8 Å². The Bertz CT molecular complexity index is 1370. The predicted molar refractivity (Wildman–Crippen MR) is 164 cm³/mol. The molecule has 1 aromatic heterocycles. The van der Waals surface area contributed by atoms with Crippen LogP contribution in [0.5, 0.6) is 11.5 Å². The summed E-state index contributed by atoms with van der Waals surface area (Å²) in [7, 11) is 1.62. The van der Waals surface area contributed by atoms with Crippen LogP contribution in [0.15, 0.2) is 83.3 Å². The molecule has 1 amide bonds. The number of carbonyl (C=O) groups excluding carboxylic acids is 1. The van der Waals surface area contributed by atoms with Gasteiger partial charge in [0.25, 0.3) is 5.91 Å². The first kappa shape index (κ1) is 28.8. The SMILES string of the molecule is CCCCCCCCOc1ccc(/C=N/NC(=O)c2ccc(-c3csc(Nc4ccccc4)n3)cc2)cc1OC. The summed E-state index contributed by atoms with van der Waals surface area (Å²) >= 11 is 1.53. The van der Waals surface area contributed by atoms with E-state index in [0.29, 0.717) is 23.7 Å². The minimum Gasteiger partial charge on any atom is -0.493 e. The summed E-state index contributed by atoms with van der Waals surface area (Å²) in [6, 6.07) is 22.8. The van der Waals surface area contributed by atoms with E-state index in [2.05, 4.69) is 27.8 Å². The van der Waals surface area contributed by atoms with Gasteiger partial charge in [0.15, 0.2) is 16.6 Å². The number of hydrogen-bond donors (Lipinski definition) is 2. The lowest BCUT2D eigenvalue weighted by Gasteiger charge is -2.11. The molecule has 8 heteroatoms. The third kappa shape index (κ3) is 8.68. The van der Waals surface area contributed by atoms with Crippen molar-refractivity contribution in [1.29, 1.82) is 0 Å². The van der Waals surface area contributed by atoms with E-state index in [0.717, 1.165) is 34.1 Å². The summed E-state index contributed by atoms with van der Waals surface area (Å²) in [5, 5.41) is 10.2. The molecule has 40 heavy (non-hydrogen) atoms.